The van der Waals surface area contributed by atoms with Gasteiger partial charge in [0, 0.05) is 30.4 Å². The van der Waals surface area contributed by atoms with Crippen LogP contribution >= 0.6 is 0 Å². The molecule has 3 aromatic rings. The molecule has 3 aliphatic rings. The molecule has 0 fully saturated rings. The van der Waals surface area contributed by atoms with Crippen molar-refractivity contribution in [1.29, 1.82) is 0 Å². The molecule has 1 N–H and O–H groups in total. The van der Waals surface area contributed by atoms with Crippen molar-refractivity contribution in [2.45, 2.75) is 18.3 Å². The zero-order chi connectivity index (χ0) is 22.0. The molecule has 168 valence electrons. The summed E-state index contributed by atoms with van der Waals surface area (Å²) in [5.74, 6) is 3.87. The standard InChI is InChI=1S/C28H27NO4/c1-2-5-25-19(4-1)6-7-22(17-32-25)20-8-10-24-27(14-20)33-18-23(16-29-24)21-9-11-26-28(15-21)31-13-3-12-30-26/h1-2,4-11,14-15,22-23,29H,3,12-13,16-18H2. The molecule has 3 heterocycles. The Labute approximate surface area is 193 Å². The first-order chi connectivity index (χ1) is 16.3. The number of fused-ring (bicyclic) bond motifs is 3. The van der Waals surface area contributed by atoms with E-state index in [2.05, 4.69) is 53.9 Å². The van der Waals surface area contributed by atoms with E-state index in [1.54, 1.807) is 0 Å². The molecule has 2 unspecified atom stereocenters. The molecule has 3 aromatic carbocycles. The zero-order valence-electron chi connectivity index (χ0n) is 18.5. The molecule has 0 aliphatic carbocycles. The largest absolute Gasteiger partial charge is 0.492 e. The lowest BCUT2D eigenvalue weighted by atomic mass is 9.98. The second-order valence-electron chi connectivity index (χ2n) is 8.72. The van der Waals surface area contributed by atoms with Gasteiger partial charge >= 0.3 is 0 Å². The fourth-order valence-electron chi connectivity index (χ4n) is 4.58. The van der Waals surface area contributed by atoms with Gasteiger partial charge in [0.15, 0.2) is 11.5 Å². The van der Waals surface area contributed by atoms with E-state index in [0.29, 0.717) is 26.4 Å². The average molecular weight is 442 g/mol. The third-order valence-corrected chi connectivity index (χ3v) is 6.50. The monoisotopic (exact) mass is 441 g/mol. The molecule has 0 bridgehead atoms. The van der Waals surface area contributed by atoms with Gasteiger partial charge in [-0.2, -0.15) is 0 Å². The highest BCUT2D eigenvalue weighted by Gasteiger charge is 2.22. The van der Waals surface area contributed by atoms with Gasteiger partial charge < -0.3 is 24.3 Å². The first kappa shape index (κ1) is 20.0. The van der Waals surface area contributed by atoms with E-state index < -0.39 is 0 Å². The van der Waals surface area contributed by atoms with Crippen LogP contribution in [0.15, 0.2) is 66.7 Å². The second-order valence-corrected chi connectivity index (χ2v) is 8.72. The van der Waals surface area contributed by atoms with Crippen LogP contribution < -0.4 is 24.3 Å². The summed E-state index contributed by atoms with van der Waals surface area (Å²) in [5.41, 5.74) is 4.52. The van der Waals surface area contributed by atoms with Crippen LogP contribution in [-0.4, -0.2) is 33.0 Å². The van der Waals surface area contributed by atoms with Crippen LogP contribution in [0.5, 0.6) is 23.0 Å². The lowest BCUT2D eigenvalue weighted by Crippen LogP contribution is -2.16. The number of hydrogen-bond donors (Lipinski definition) is 1. The molecule has 33 heavy (non-hydrogen) atoms. The third kappa shape index (κ3) is 4.11. The Kier molecular flexibility index (Phi) is 5.31. The van der Waals surface area contributed by atoms with E-state index in [9.17, 15) is 0 Å². The quantitative estimate of drug-likeness (QED) is 0.559. The number of benzene rings is 3. The smallest absolute Gasteiger partial charge is 0.161 e. The SMILES string of the molecule is C1=CC(c2ccc3c(c2)OCC(c2ccc4c(c2)OCCCO4)CN3)COc2ccccc21. The normalized spacial score (nSPS) is 21.1. The van der Waals surface area contributed by atoms with Gasteiger partial charge in [0.1, 0.15) is 11.5 Å². The van der Waals surface area contributed by atoms with E-state index in [1.165, 1.54) is 11.1 Å². The molecular weight excluding hydrogens is 414 g/mol. The highest BCUT2D eigenvalue weighted by molar-refractivity contribution is 5.62. The lowest BCUT2D eigenvalue weighted by molar-refractivity contribution is 0.295. The molecule has 2 atom stereocenters. The predicted octanol–water partition coefficient (Wildman–Crippen LogP) is 5.63. The van der Waals surface area contributed by atoms with Crippen LogP contribution in [0.1, 0.15) is 34.9 Å². The Morgan fingerprint density at radius 2 is 1.52 bits per heavy atom. The van der Waals surface area contributed by atoms with Gasteiger partial charge in [-0.25, -0.2) is 0 Å². The van der Waals surface area contributed by atoms with Gasteiger partial charge in [0.05, 0.1) is 32.1 Å². The molecule has 6 rings (SSSR count). The predicted molar refractivity (Wildman–Crippen MR) is 129 cm³/mol. The zero-order valence-corrected chi connectivity index (χ0v) is 18.5. The Morgan fingerprint density at radius 3 is 2.48 bits per heavy atom. The first-order valence-electron chi connectivity index (χ1n) is 11.6. The Morgan fingerprint density at radius 1 is 0.697 bits per heavy atom. The van der Waals surface area contributed by atoms with Gasteiger partial charge in [0.2, 0.25) is 0 Å². The van der Waals surface area contributed by atoms with Crippen molar-refractivity contribution in [1.82, 2.24) is 0 Å². The van der Waals surface area contributed by atoms with E-state index in [-0.39, 0.29) is 11.8 Å². The Balaban J connectivity index is 1.19. The first-order valence-corrected chi connectivity index (χ1v) is 11.6. The van der Waals surface area contributed by atoms with Gasteiger partial charge in [0.25, 0.3) is 0 Å². The summed E-state index contributed by atoms with van der Waals surface area (Å²) in [6.45, 7) is 3.40. The topological polar surface area (TPSA) is 49.0 Å². The molecule has 5 heteroatoms. The molecule has 0 saturated heterocycles. The van der Waals surface area contributed by atoms with Gasteiger partial charge in [-0.3, -0.25) is 0 Å². The summed E-state index contributed by atoms with van der Waals surface area (Å²) < 4.78 is 24.0. The van der Waals surface area contributed by atoms with Crippen molar-refractivity contribution in [2.75, 3.05) is 38.3 Å². The number of hydrogen-bond acceptors (Lipinski definition) is 5. The highest BCUT2D eigenvalue weighted by Crippen LogP contribution is 2.37. The van der Waals surface area contributed by atoms with Gasteiger partial charge in [-0.15, -0.1) is 0 Å². The van der Waals surface area contributed by atoms with Crippen LogP contribution in [0.25, 0.3) is 6.08 Å². The Hall–Kier alpha value is -3.60. The van der Waals surface area contributed by atoms with Gasteiger partial charge in [-0.1, -0.05) is 42.5 Å². The molecule has 0 saturated carbocycles. The maximum absolute atomic E-state index is 6.31. The molecule has 0 spiro atoms. The lowest BCUT2D eigenvalue weighted by Gasteiger charge is -2.17. The van der Waals surface area contributed by atoms with E-state index in [1.807, 2.05) is 24.3 Å². The maximum atomic E-state index is 6.31. The summed E-state index contributed by atoms with van der Waals surface area (Å²) >= 11 is 0. The van der Waals surface area contributed by atoms with Crippen LogP contribution in [0, 0.1) is 0 Å². The number of rotatable bonds is 2. The van der Waals surface area contributed by atoms with Crippen molar-refractivity contribution >= 4 is 11.8 Å². The fraction of sp³-hybridized carbons (Fsp3) is 0.286. The van der Waals surface area contributed by atoms with Crippen molar-refractivity contribution in [2.24, 2.45) is 0 Å². The number of ether oxygens (including phenoxy) is 4. The summed E-state index contributed by atoms with van der Waals surface area (Å²) in [4.78, 5) is 0. The van der Waals surface area contributed by atoms with E-state index >= 15 is 0 Å². The maximum Gasteiger partial charge on any atom is 0.161 e. The summed E-state index contributed by atoms with van der Waals surface area (Å²) in [5, 5.41) is 3.58. The molecule has 0 amide bonds. The van der Waals surface area contributed by atoms with Crippen LogP contribution in [-0.2, 0) is 0 Å². The van der Waals surface area contributed by atoms with Gasteiger partial charge in [-0.05, 0) is 41.5 Å². The molecule has 5 nitrogen and oxygen atoms in total. The second kappa shape index (κ2) is 8.74. The minimum Gasteiger partial charge on any atom is -0.492 e. The summed E-state index contributed by atoms with van der Waals surface area (Å²) in [6.07, 6.45) is 5.28. The van der Waals surface area contributed by atoms with Crippen molar-refractivity contribution in [3.8, 4) is 23.0 Å². The summed E-state index contributed by atoms with van der Waals surface area (Å²) in [7, 11) is 0. The molecule has 0 aromatic heterocycles. The van der Waals surface area contributed by atoms with Crippen LogP contribution in [0.4, 0.5) is 5.69 Å². The van der Waals surface area contributed by atoms with Crippen LogP contribution in [0.3, 0.4) is 0 Å². The number of anilines is 1. The summed E-state index contributed by atoms with van der Waals surface area (Å²) in [6, 6.07) is 20.8. The molecular formula is C28H27NO4. The van der Waals surface area contributed by atoms with Crippen molar-refractivity contribution < 1.29 is 18.9 Å². The van der Waals surface area contributed by atoms with Crippen molar-refractivity contribution in [3.63, 3.8) is 0 Å². The molecule has 3 aliphatic heterocycles. The average Bonchev–Trinajstić information content (AvgIpc) is 3.31. The fourth-order valence-corrected chi connectivity index (χ4v) is 4.58. The molecule has 0 radical (unpaired) electrons. The van der Waals surface area contributed by atoms with E-state index in [0.717, 1.165) is 47.2 Å². The van der Waals surface area contributed by atoms with Crippen LogP contribution in [0.2, 0.25) is 0 Å². The van der Waals surface area contributed by atoms with E-state index in [4.69, 9.17) is 18.9 Å². The highest BCUT2D eigenvalue weighted by atomic mass is 16.5. The number of para-hydroxylation sites is 1. The minimum atomic E-state index is 0.173. The van der Waals surface area contributed by atoms with Crippen molar-refractivity contribution in [3.05, 3.63) is 83.4 Å². The minimum absolute atomic E-state index is 0.173. The number of nitrogens with one attached hydrogen (secondary N) is 1. The Bertz CT molecular complexity index is 1190. The third-order valence-electron chi connectivity index (χ3n) is 6.50.